The van der Waals surface area contributed by atoms with Crippen molar-refractivity contribution < 1.29 is 32.9 Å². The lowest BCUT2D eigenvalue weighted by Gasteiger charge is -2.11. The van der Waals surface area contributed by atoms with Crippen molar-refractivity contribution in [3.8, 4) is 5.75 Å². The topological polar surface area (TPSA) is 66.8 Å². The Labute approximate surface area is 87.9 Å². The molecule has 1 aromatic carbocycles. The van der Waals surface area contributed by atoms with Crippen LogP contribution in [0.1, 0.15) is 11.7 Å². The molecule has 0 saturated heterocycles. The minimum absolute atomic E-state index is 0.270. The van der Waals surface area contributed by atoms with E-state index in [-0.39, 0.29) is 6.07 Å². The normalized spacial score (nSPS) is 12.3. The number of phenolic OH excluding ortho intramolecular Hbond substituents is 1. The Morgan fingerprint density at radius 2 is 1.94 bits per heavy atom. The minimum Gasteiger partial charge on any atom is -0.503 e. The van der Waals surface area contributed by atoms with Gasteiger partial charge in [-0.3, -0.25) is 0 Å². The van der Waals surface area contributed by atoms with E-state index in [0.717, 1.165) is 7.11 Å². The molecule has 0 aliphatic heterocycles. The van der Waals surface area contributed by atoms with E-state index in [4.69, 9.17) is 5.11 Å². The Morgan fingerprint density at radius 1 is 1.38 bits per heavy atom. The number of hydrogen-bond acceptors (Lipinski definition) is 4. The van der Waals surface area contributed by atoms with Crippen molar-refractivity contribution >= 4 is 5.97 Å². The first-order chi connectivity index (χ1) is 7.40. The van der Waals surface area contributed by atoms with Crippen molar-refractivity contribution in [3.05, 3.63) is 29.1 Å². The summed E-state index contributed by atoms with van der Waals surface area (Å²) in [5.41, 5.74) is -0.900. The van der Waals surface area contributed by atoms with Gasteiger partial charge in [0, 0.05) is 5.56 Å². The summed E-state index contributed by atoms with van der Waals surface area (Å²) in [6.45, 7) is 0. The summed E-state index contributed by atoms with van der Waals surface area (Å²) >= 11 is 0. The van der Waals surface area contributed by atoms with Gasteiger partial charge in [0.15, 0.2) is 23.5 Å². The van der Waals surface area contributed by atoms with Crippen LogP contribution < -0.4 is 0 Å². The summed E-state index contributed by atoms with van der Waals surface area (Å²) in [5.74, 6) is -7.85. The van der Waals surface area contributed by atoms with Crippen LogP contribution in [0.3, 0.4) is 0 Å². The van der Waals surface area contributed by atoms with Crippen molar-refractivity contribution in [1.82, 2.24) is 0 Å². The minimum atomic E-state index is -2.13. The maximum absolute atomic E-state index is 13.2. The third kappa shape index (κ3) is 1.94. The smallest absolute Gasteiger partial charge is 0.339 e. The van der Waals surface area contributed by atoms with Crippen molar-refractivity contribution in [2.75, 3.05) is 7.11 Å². The monoisotopic (exact) mass is 236 g/mol. The van der Waals surface area contributed by atoms with Crippen LogP contribution in [0.5, 0.6) is 5.75 Å². The molecule has 0 amide bonds. The molecule has 0 bridgehead atoms. The average molecular weight is 236 g/mol. The van der Waals surface area contributed by atoms with Gasteiger partial charge in [-0.15, -0.1) is 0 Å². The zero-order valence-corrected chi connectivity index (χ0v) is 8.00. The number of aromatic hydroxyl groups is 1. The van der Waals surface area contributed by atoms with Crippen LogP contribution in [0.2, 0.25) is 0 Å². The molecule has 4 nitrogen and oxygen atoms in total. The maximum Gasteiger partial charge on any atom is 0.339 e. The number of carbonyl (C=O) groups excluding carboxylic acids is 1. The lowest BCUT2D eigenvalue weighted by molar-refractivity contribution is -0.150. The Balaban J connectivity index is 3.30. The molecule has 0 radical (unpaired) electrons. The molecule has 1 unspecified atom stereocenters. The highest BCUT2D eigenvalue weighted by Gasteiger charge is 2.27. The summed E-state index contributed by atoms with van der Waals surface area (Å²) in [4.78, 5) is 10.8. The zero-order valence-electron chi connectivity index (χ0n) is 8.00. The number of benzene rings is 1. The standard InChI is InChI=1S/C9H7F3O4/c1-16-9(15)7(13)3-2-4(10)6(12)8(14)5(3)11/h2,7,13-14H,1H3. The Bertz CT molecular complexity index is 433. The molecule has 0 fully saturated rings. The molecule has 7 heteroatoms. The largest absolute Gasteiger partial charge is 0.503 e. The summed E-state index contributed by atoms with van der Waals surface area (Å²) < 4.78 is 42.7. The second-order valence-electron chi connectivity index (χ2n) is 2.85. The van der Waals surface area contributed by atoms with Crippen LogP contribution in [-0.4, -0.2) is 23.3 Å². The number of esters is 1. The Kier molecular flexibility index (Phi) is 3.38. The van der Waals surface area contributed by atoms with Gasteiger partial charge in [-0.25, -0.2) is 13.6 Å². The van der Waals surface area contributed by atoms with Crippen molar-refractivity contribution in [2.24, 2.45) is 0 Å². The molecule has 16 heavy (non-hydrogen) atoms. The van der Waals surface area contributed by atoms with Crippen LogP contribution in [0, 0.1) is 17.5 Å². The summed E-state index contributed by atoms with van der Waals surface area (Å²) in [6.07, 6.45) is -2.13. The van der Waals surface area contributed by atoms with Crippen molar-refractivity contribution in [1.29, 1.82) is 0 Å². The summed E-state index contributed by atoms with van der Waals surface area (Å²) in [5, 5.41) is 18.0. The van der Waals surface area contributed by atoms with Crippen molar-refractivity contribution in [2.45, 2.75) is 6.10 Å². The van der Waals surface area contributed by atoms with E-state index in [2.05, 4.69) is 4.74 Å². The van der Waals surface area contributed by atoms with Gasteiger partial charge in [0.1, 0.15) is 0 Å². The Hall–Kier alpha value is -1.76. The number of rotatable bonds is 2. The number of aliphatic hydroxyl groups excluding tert-OH is 1. The maximum atomic E-state index is 13.2. The number of ether oxygens (including phenoxy) is 1. The molecule has 88 valence electrons. The lowest BCUT2D eigenvalue weighted by atomic mass is 10.1. The van der Waals surface area contributed by atoms with E-state index in [1.54, 1.807) is 0 Å². The van der Waals surface area contributed by atoms with Crippen LogP contribution >= 0.6 is 0 Å². The third-order valence-corrected chi connectivity index (χ3v) is 1.88. The number of methoxy groups -OCH3 is 1. The van der Waals surface area contributed by atoms with E-state index in [1.165, 1.54) is 0 Å². The number of hydrogen-bond donors (Lipinski definition) is 2. The van der Waals surface area contributed by atoms with E-state index >= 15 is 0 Å². The van der Waals surface area contributed by atoms with Gasteiger partial charge in [-0.2, -0.15) is 4.39 Å². The van der Waals surface area contributed by atoms with Crippen LogP contribution in [0.15, 0.2) is 6.07 Å². The molecule has 0 saturated carbocycles. The second kappa shape index (κ2) is 4.40. The number of phenols is 1. The molecular weight excluding hydrogens is 229 g/mol. The summed E-state index contributed by atoms with van der Waals surface area (Å²) in [7, 11) is 0.920. The molecule has 1 atom stereocenters. The van der Waals surface area contributed by atoms with Crippen LogP contribution in [0.25, 0.3) is 0 Å². The predicted molar refractivity (Wildman–Crippen MR) is 45.0 cm³/mol. The van der Waals surface area contributed by atoms with Crippen LogP contribution in [-0.2, 0) is 9.53 Å². The van der Waals surface area contributed by atoms with E-state index in [9.17, 15) is 23.1 Å². The highest BCUT2D eigenvalue weighted by molar-refractivity contribution is 5.76. The predicted octanol–water partition coefficient (Wildman–Crippen LogP) is 1.02. The van der Waals surface area contributed by atoms with E-state index < -0.39 is 40.8 Å². The highest BCUT2D eigenvalue weighted by atomic mass is 19.2. The zero-order chi connectivity index (χ0) is 12.5. The summed E-state index contributed by atoms with van der Waals surface area (Å²) in [6, 6.07) is 0.270. The highest BCUT2D eigenvalue weighted by Crippen LogP contribution is 2.29. The van der Waals surface area contributed by atoms with Gasteiger partial charge in [0.25, 0.3) is 0 Å². The molecule has 0 aliphatic carbocycles. The first kappa shape index (κ1) is 12.3. The SMILES string of the molecule is COC(=O)C(O)c1cc(F)c(F)c(O)c1F. The second-order valence-corrected chi connectivity index (χ2v) is 2.85. The average Bonchev–Trinajstić information content (AvgIpc) is 2.29. The number of halogens is 3. The van der Waals surface area contributed by atoms with Gasteiger partial charge in [0.2, 0.25) is 5.82 Å². The fourth-order valence-electron chi connectivity index (χ4n) is 1.05. The van der Waals surface area contributed by atoms with E-state index in [0.29, 0.717) is 0 Å². The fourth-order valence-corrected chi connectivity index (χ4v) is 1.05. The number of aliphatic hydroxyl groups is 1. The first-order valence-corrected chi connectivity index (χ1v) is 4.02. The molecule has 0 aromatic heterocycles. The van der Waals surface area contributed by atoms with Gasteiger partial charge in [-0.05, 0) is 6.07 Å². The molecule has 0 heterocycles. The van der Waals surface area contributed by atoms with Crippen LogP contribution in [0.4, 0.5) is 13.2 Å². The molecule has 1 rings (SSSR count). The fraction of sp³-hybridized carbons (Fsp3) is 0.222. The molecule has 0 aliphatic rings. The first-order valence-electron chi connectivity index (χ1n) is 4.02. The molecule has 1 aromatic rings. The van der Waals surface area contributed by atoms with Gasteiger partial charge >= 0.3 is 5.97 Å². The molecule has 0 spiro atoms. The van der Waals surface area contributed by atoms with Gasteiger partial charge < -0.3 is 14.9 Å². The quantitative estimate of drug-likeness (QED) is 0.594. The molecular formula is C9H7F3O4. The Morgan fingerprint density at radius 3 is 2.44 bits per heavy atom. The van der Waals surface area contributed by atoms with Crippen molar-refractivity contribution in [3.63, 3.8) is 0 Å². The lowest BCUT2D eigenvalue weighted by Crippen LogP contribution is -2.15. The molecule has 2 N–H and O–H groups in total. The third-order valence-electron chi connectivity index (χ3n) is 1.88. The van der Waals surface area contributed by atoms with Gasteiger partial charge in [-0.1, -0.05) is 0 Å². The number of carbonyl (C=O) groups is 1. The van der Waals surface area contributed by atoms with Gasteiger partial charge in [0.05, 0.1) is 7.11 Å². The van der Waals surface area contributed by atoms with E-state index in [1.807, 2.05) is 0 Å².